The molecule has 0 aromatic carbocycles. The van der Waals surface area contributed by atoms with Crippen molar-refractivity contribution in [1.29, 1.82) is 0 Å². The van der Waals surface area contributed by atoms with Gasteiger partial charge in [0.15, 0.2) is 5.82 Å². The summed E-state index contributed by atoms with van der Waals surface area (Å²) in [6.07, 6.45) is 2.20. The van der Waals surface area contributed by atoms with Gasteiger partial charge >= 0.3 is 0 Å². The van der Waals surface area contributed by atoms with Crippen LogP contribution in [-0.4, -0.2) is 21.5 Å². The maximum atomic E-state index is 12.0. The monoisotopic (exact) mass is 296 g/mol. The Kier molecular flexibility index (Phi) is 3.26. The molecule has 0 spiro atoms. The van der Waals surface area contributed by atoms with E-state index >= 15 is 0 Å². The number of hydrogen-bond donors (Lipinski definition) is 2. The second-order valence-electron chi connectivity index (χ2n) is 4.25. The minimum atomic E-state index is -0.153. The molecule has 1 aliphatic rings. The van der Waals surface area contributed by atoms with E-state index in [1.807, 2.05) is 0 Å². The smallest absolute Gasteiger partial charge is 0.255 e. The van der Waals surface area contributed by atoms with E-state index in [4.69, 9.17) is 23.2 Å². The first kappa shape index (κ1) is 12.6. The predicted molar refractivity (Wildman–Crippen MR) is 73.5 cm³/mol. The Balaban J connectivity index is 2.15. The maximum Gasteiger partial charge on any atom is 0.255 e. The zero-order valence-electron chi connectivity index (χ0n) is 9.83. The minimum absolute atomic E-state index is 0.153. The fourth-order valence-corrected chi connectivity index (χ4v) is 2.52. The number of hydrogen-bond acceptors (Lipinski definition) is 4. The van der Waals surface area contributed by atoms with Gasteiger partial charge in [-0.3, -0.25) is 4.79 Å². The van der Waals surface area contributed by atoms with Crippen molar-refractivity contribution in [2.45, 2.75) is 13.0 Å². The molecule has 0 fully saturated rings. The molecule has 2 aromatic heterocycles. The summed E-state index contributed by atoms with van der Waals surface area (Å²) < 4.78 is 0. The molecule has 1 aliphatic heterocycles. The highest BCUT2D eigenvalue weighted by Crippen LogP contribution is 2.25. The van der Waals surface area contributed by atoms with Crippen molar-refractivity contribution in [3.05, 3.63) is 43.9 Å². The van der Waals surface area contributed by atoms with Crippen molar-refractivity contribution in [2.24, 2.45) is 0 Å². The van der Waals surface area contributed by atoms with Crippen LogP contribution in [0.25, 0.3) is 11.5 Å². The van der Waals surface area contributed by atoms with E-state index < -0.39 is 0 Å². The summed E-state index contributed by atoms with van der Waals surface area (Å²) >= 11 is 11.9. The molecule has 5 nitrogen and oxygen atoms in total. The lowest BCUT2D eigenvalue weighted by Crippen LogP contribution is -2.31. The van der Waals surface area contributed by atoms with E-state index in [-0.39, 0.29) is 5.56 Å². The zero-order valence-corrected chi connectivity index (χ0v) is 11.3. The molecular weight excluding hydrogens is 287 g/mol. The molecule has 0 saturated heterocycles. The molecule has 0 atom stereocenters. The summed E-state index contributed by atoms with van der Waals surface area (Å²) in [6, 6.07) is 1.58. The highest BCUT2D eigenvalue weighted by molar-refractivity contribution is 6.35. The Morgan fingerprint density at radius 2 is 2.16 bits per heavy atom. The van der Waals surface area contributed by atoms with Crippen LogP contribution in [0.4, 0.5) is 0 Å². The number of pyridine rings is 1. The average Bonchev–Trinajstić information content (AvgIpc) is 2.38. The number of aromatic amines is 1. The third kappa shape index (κ3) is 2.36. The van der Waals surface area contributed by atoms with E-state index in [9.17, 15) is 4.79 Å². The number of H-pyrrole nitrogens is 1. The molecule has 3 rings (SSSR count). The van der Waals surface area contributed by atoms with E-state index in [1.165, 1.54) is 6.20 Å². The minimum Gasteiger partial charge on any atom is -0.312 e. The van der Waals surface area contributed by atoms with Crippen molar-refractivity contribution >= 4 is 23.2 Å². The van der Waals surface area contributed by atoms with Crippen LogP contribution >= 0.6 is 23.2 Å². The number of nitrogens with one attached hydrogen (secondary N) is 2. The Morgan fingerprint density at radius 3 is 2.95 bits per heavy atom. The fraction of sp³-hybridized carbons (Fsp3) is 0.250. The molecule has 0 amide bonds. The number of fused-ring (bicyclic) bond motifs is 1. The summed E-state index contributed by atoms with van der Waals surface area (Å²) in [7, 11) is 0. The molecule has 0 unspecified atom stereocenters. The van der Waals surface area contributed by atoms with Gasteiger partial charge in [0.25, 0.3) is 5.56 Å². The number of aromatic nitrogens is 3. The first-order valence-electron chi connectivity index (χ1n) is 5.79. The number of rotatable bonds is 1. The number of halogens is 2. The third-order valence-corrected chi connectivity index (χ3v) is 3.47. The quantitative estimate of drug-likeness (QED) is 0.842. The van der Waals surface area contributed by atoms with Gasteiger partial charge in [0.05, 0.1) is 21.3 Å². The van der Waals surface area contributed by atoms with Crippen molar-refractivity contribution in [1.82, 2.24) is 20.3 Å². The normalized spacial score (nSPS) is 14.2. The first-order valence-corrected chi connectivity index (χ1v) is 6.55. The molecule has 98 valence electrons. The topological polar surface area (TPSA) is 70.7 Å². The summed E-state index contributed by atoms with van der Waals surface area (Å²) in [5.74, 6) is 0.382. The van der Waals surface area contributed by atoms with Crippen LogP contribution in [0.15, 0.2) is 17.1 Å². The molecule has 2 aromatic rings. The van der Waals surface area contributed by atoms with Gasteiger partial charge in [-0.1, -0.05) is 23.2 Å². The molecule has 3 heterocycles. The van der Waals surface area contributed by atoms with Gasteiger partial charge in [-0.2, -0.15) is 0 Å². The molecule has 0 radical (unpaired) electrons. The Labute approximate surface area is 119 Å². The average molecular weight is 297 g/mol. The van der Waals surface area contributed by atoms with Crippen LogP contribution in [0.5, 0.6) is 0 Å². The van der Waals surface area contributed by atoms with E-state index in [2.05, 4.69) is 20.3 Å². The molecule has 0 saturated carbocycles. The van der Waals surface area contributed by atoms with Gasteiger partial charge in [-0.25, -0.2) is 9.97 Å². The second kappa shape index (κ2) is 4.92. The molecular formula is C12H10Cl2N4O. The van der Waals surface area contributed by atoms with Gasteiger partial charge in [-0.05, 0) is 6.07 Å². The lowest BCUT2D eigenvalue weighted by Gasteiger charge is -2.15. The molecule has 19 heavy (non-hydrogen) atoms. The van der Waals surface area contributed by atoms with Gasteiger partial charge in [0.1, 0.15) is 5.69 Å². The summed E-state index contributed by atoms with van der Waals surface area (Å²) in [5.41, 5.74) is 1.76. The summed E-state index contributed by atoms with van der Waals surface area (Å²) in [5, 5.41) is 3.95. The highest BCUT2D eigenvalue weighted by atomic mass is 35.5. The van der Waals surface area contributed by atoms with Gasteiger partial charge in [-0.15, -0.1) is 0 Å². The van der Waals surface area contributed by atoms with Crippen LogP contribution in [0.1, 0.15) is 11.3 Å². The van der Waals surface area contributed by atoms with Crippen LogP contribution in [0, 0.1) is 0 Å². The van der Waals surface area contributed by atoms with Crippen molar-refractivity contribution in [2.75, 3.05) is 6.54 Å². The van der Waals surface area contributed by atoms with Crippen molar-refractivity contribution in [3.8, 4) is 11.5 Å². The SMILES string of the molecule is O=c1[nH]c(-c2ncc(Cl)cc2Cl)nc2c1CNCC2. The van der Waals surface area contributed by atoms with Crippen LogP contribution < -0.4 is 10.9 Å². The Bertz CT molecular complexity index is 699. The molecule has 0 bridgehead atoms. The standard InChI is InChI=1S/C12H10Cl2N4O/c13-6-3-8(14)10(16-4-6)11-17-9-1-2-15-5-7(9)12(19)18-11/h3-4,15H,1-2,5H2,(H,17,18,19). The van der Waals surface area contributed by atoms with Crippen molar-refractivity contribution < 1.29 is 0 Å². The third-order valence-electron chi connectivity index (χ3n) is 2.97. The molecule has 7 heteroatoms. The van der Waals surface area contributed by atoms with Crippen LogP contribution in [0.3, 0.4) is 0 Å². The van der Waals surface area contributed by atoms with Gasteiger partial charge in [0.2, 0.25) is 0 Å². The van der Waals surface area contributed by atoms with Crippen LogP contribution in [0.2, 0.25) is 10.0 Å². The van der Waals surface area contributed by atoms with Crippen molar-refractivity contribution in [3.63, 3.8) is 0 Å². The van der Waals surface area contributed by atoms with E-state index in [0.29, 0.717) is 33.7 Å². The highest BCUT2D eigenvalue weighted by Gasteiger charge is 2.17. The number of nitrogens with zero attached hydrogens (tertiary/aromatic N) is 2. The predicted octanol–water partition coefficient (Wildman–Crippen LogP) is 1.78. The largest absolute Gasteiger partial charge is 0.312 e. The Morgan fingerprint density at radius 1 is 1.32 bits per heavy atom. The maximum absolute atomic E-state index is 12.0. The first-order chi connectivity index (χ1) is 9.15. The molecule has 2 N–H and O–H groups in total. The van der Waals surface area contributed by atoms with E-state index in [1.54, 1.807) is 6.07 Å². The van der Waals surface area contributed by atoms with Crippen LogP contribution in [-0.2, 0) is 13.0 Å². The van der Waals surface area contributed by atoms with Gasteiger partial charge in [0, 0.05) is 25.7 Å². The Hall–Kier alpha value is -1.43. The van der Waals surface area contributed by atoms with Gasteiger partial charge < -0.3 is 10.3 Å². The zero-order chi connectivity index (χ0) is 13.4. The fourth-order valence-electron chi connectivity index (χ4n) is 2.05. The lowest BCUT2D eigenvalue weighted by atomic mass is 10.1. The van der Waals surface area contributed by atoms with E-state index in [0.717, 1.165) is 18.7 Å². The summed E-state index contributed by atoms with van der Waals surface area (Å²) in [4.78, 5) is 23.3. The second-order valence-corrected chi connectivity index (χ2v) is 5.09. The molecule has 0 aliphatic carbocycles. The summed E-state index contributed by atoms with van der Waals surface area (Å²) in [6.45, 7) is 1.35. The lowest BCUT2D eigenvalue weighted by molar-refractivity contribution is 0.621.